The Hall–Kier alpha value is -2.28. The number of hydrogen-bond acceptors (Lipinski definition) is 6. The number of amides is 1. The third-order valence-electron chi connectivity index (χ3n) is 4.71. The summed E-state index contributed by atoms with van der Waals surface area (Å²) in [6, 6.07) is 9.47. The average molecular weight is 392 g/mol. The van der Waals surface area contributed by atoms with Crippen LogP contribution in [0.1, 0.15) is 53.4 Å². The van der Waals surface area contributed by atoms with Crippen LogP contribution in [0.3, 0.4) is 0 Å². The van der Waals surface area contributed by atoms with Gasteiger partial charge in [0.15, 0.2) is 0 Å². The van der Waals surface area contributed by atoms with Crippen molar-refractivity contribution in [1.82, 2.24) is 10.3 Å². The van der Waals surface area contributed by atoms with Crippen molar-refractivity contribution in [2.24, 2.45) is 5.10 Å². The molecule has 1 amide bonds. The predicted molar refractivity (Wildman–Crippen MR) is 109 cm³/mol. The molecule has 156 valence electrons. The number of nitrogens with zero attached hydrogens (tertiary/aromatic N) is 2. The zero-order valence-corrected chi connectivity index (χ0v) is 17.6. The topological polar surface area (TPSA) is 72.4 Å². The van der Waals surface area contributed by atoms with Crippen LogP contribution in [0, 0.1) is 0 Å². The van der Waals surface area contributed by atoms with Gasteiger partial charge in [-0.25, -0.2) is 9.80 Å². The van der Waals surface area contributed by atoms with Gasteiger partial charge in [-0.1, -0.05) is 18.2 Å². The molecule has 1 N–H and O–H groups in total. The van der Waals surface area contributed by atoms with Crippen molar-refractivity contribution >= 4 is 12.8 Å². The number of ether oxygens (including phenoxy) is 3. The number of hydrogen-bond donors (Lipinski definition) is 1. The fourth-order valence-electron chi connectivity index (χ4n) is 3.46. The number of alkyl carbamates (subject to hydrolysis) is 1. The molecule has 0 heterocycles. The summed E-state index contributed by atoms with van der Waals surface area (Å²) in [5.41, 5.74) is -0.523. The molecular formula is C21H33N3O4. The SMILES string of the molecule is C=NN(C1CCCC(NC(=O)OC(C)(C)C)C1)C(C)(OC)Oc1ccccc1. The molecular weight excluding hydrogens is 358 g/mol. The van der Waals surface area contributed by atoms with E-state index in [4.69, 9.17) is 14.2 Å². The summed E-state index contributed by atoms with van der Waals surface area (Å²) in [6.45, 7) is 11.1. The van der Waals surface area contributed by atoms with Gasteiger partial charge in [-0.05, 0) is 58.6 Å². The molecule has 1 aromatic rings. The molecule has 1 aliphatic carbocycles. The van der Waals surface area contributed by atoms with Crippen LogP contribution in [0.4, 0.5) is 4.79 Å². The van der Waals surface area contributed by atoms with Crippen molar-refractivity contribution in [2.45, 2.75) is 77.0 Å². The molecule has 3 unspecified atom stereocenters. The third kappa shape index (κ3) is 6.12. The van der Waals surface area contributed by atoms with Gasteiger partial charge in [-0.3, -0.25) is 0 Å². The van der Waals surface area contributed by atoms with Gasteiger partial charge in [-0.2, -0.15) is 5.10 Å². The highest BCUT2D eigenvalue weighted by Gasteiger charge is 2.40. The zero-order chi connectivity index (χ0) is 20.8. The van der Waals surface area contributed by atoms with Gasteiger partial charge >= 0.3 is 12.0 Å². The molecule has 1 aromatic carbocycles. The summed E-state index contributed by atoms with van der Waals surface area (Å²) in [4.78, 5) is 12.1. The molecule has 3 atom stereocenters. The summed E-state index contributed by atoms with van der Waals surface area (Å²) >= 11 is 0. The summed E-state index contributed by atoms with van der Waals surface area (Å²) in [5.74, 6) is -0.429. The monoisotopic (exact) mass is 391 g/mol. The quantitative estimate of drug-likeness (QED) is 0.430. The highest BCUT2D eigenvalue weighted by Crippen LogP contribution is 2.31. The van der Waals surface area contributed by atoms with Crippen LogP contribution >= 0.6 is 0 Å². The molecule has 2 rings (SSSR count). The van der Waals surface area contributed by atoms with Gasteiger partial charge in [-0.15, -0.1) is 0 Å². The van der Waals surface area contributed by atoms with E-state index in [0.29, 0.717) is 12.2 Å². The first-order valence-electron chi connectivity index (χ1n) is 9.71. The second-order valence-electron chi connectivity index (χ2n) is 8.17. The first-order valence-corrected chi connectivity index (χ1v) is 9.71. The second-order valence-corrected chi connectivity index (χ2v) is 8.17. The van der Waals surface area contributed by atoms with E-state index in [-0.39, 0.29) is 12.1 Å². The fourth-order valence-corrected chi connectivity index (χ4v) is 3.46. The minimum absolute atomic E-state index is 0.00400. The number of carbonyl (C=O) groups is 1. The summed E-state index contributed by atoms with van der Waals surface area (Å²) in [7, 11) is 1.58. The molecule has 7 nitrogen and oxygen atoms in total. The number of para-hydroxylation sites is 1. The van der Waals surface area contributed by atoms with Crippen LogP contribution in [-0.4, -0.2) is 48.5 Å². The Morgan fingerprint density at radius 3 is 2.46 bits per heavy atom. The van der Waals surface area contributed by atoms with Gasteiger partial charge in [0.25, 0.3) is 0 Å². The number of hydrazone groups is 1. The predicted octanol–water partition coefficient (Wildman–Crippen LogP) is 4.14. The Morgan fingerprint density at radius 1 is 1.21 bits per heavy atom. The lowest BCUT2D eigenvalue weighted by Gasteiger charge is -2.44. The minimum Gasteiger partial charge on any atom is -0.444 e. The van der Waals surface area contributed by atoms with Crippen LogP contribution in [0.5, 0.6) is 5.75 Å². The molecule has 1 aliphatic rings. The van der Waals surface area contributed by atoms with Crippen LogP contribution in [0.15, 0.2) is 35.4 Å². The van der Waals surface area contributed by atoms with Crippen molar-refractivity contribution in [3.05, 3.63) is 30.3 Å². The third-order valence-corrected chi connectivity index (χ3v) is 4.71. The molecule has 0 radical (unpaired) electrons. The van der Waals surface area contributed by atoms with Crippen LogP contribution < -0.4 is 10.1 Å². The molecule has 0 spiro atoms. The molecule has 0 saturated heterocycles. The number of rotatable bonds is 7. The maximum atomic E-state index is 12.1. The molecule has 1 fully saturated rings. The van der Waals surface area contributed by atoms with Crippen LogP contribution in [0.25, 0.3) is 0 Å². The van der Waals surface area contributed by atoms with Gasteiger partial charge in [0, 0.05) is 26.8 Å². The molecule has 0 aliphatic heterocycles. The standard InChI is InChI=1S/C21H33N3O4/c1-20(2,3)28-19(25)23-16-11-10-12-17(15-16)24(22-5)21(4,26-6)27-18-13-8-7-9-14-18/h7-9,13-14,16-17H,5,10-12,15H2,1-4,6H3,(H,23,25). The van der Waals surface area contributed by atoms with Gasteiger partial charge in [0.2, 0.25) is 0 Å². The van der Waals surface area contributed by atoms with Crippen molar-refractivity contribution in [3.8, 4) is 5.75 Å². The summed E-state index contributed by atoms with van der Waals surface area (Å²) < 4.78 is 17.2. The molecule has 0 aromatic heterocycles. The lowest BCUT2D eigenvalue weighted by Crippen LogP contribution is -2.56. The normalized spacial score (nSPS) is 21.9. The highest BCUT2D eigenvalue weighted by molar-refractivity contribution is 5.68. The van der Waals surface area contributed by atoms with E-state index < -0.39 is 17.6 Å². The summed E-state index contributed by atoms with van der Waals surface area (Å²) in [6.07, 6.45) is 3.05. The summed E-state index contributed by atoms with van der Waals surface area (Å²) in [5, 5.41) is 8.94. The first-order chi connectivity index (χ1) is 13.2. The fraction of sp³-hybridized carbons (Fsp3) is 0.619. The number of methoxy groups -OCH3 is 1. The van der Waals surface area contributed by atoms with Gasteiger partial charge in [0.1, 0.15) is 11.4 Å². The highest BCUT2D eigenvalue weighted by atomic mass is 16.7. The lowest BCUT2D eigenvalue weighted by atomic mass is 9.90. The van der Waals surface area contributed by atoms with E-state index in [1.54, 1.807) is 12.1 Å². The van der Waals surface area contributed by atoms with Crippen molar-refractivity contribution < 1.29 is 19.0 Å². The van der Waals surface area contributed by atoms with Crippen molar-refractivity contribution in [3.63, 3.8) is 0 Å². The van der Waals surface area contributed by atoms with Crippen LogP contribution in [0.2, 0.25) is 0 Å². The van der Waals surface area contributed by atoms with E-state index in [1.165, 1.54) is 0 Å². The number of nitrogens with one attached hydrogen (secondary N) is 1. The number of benzene rings is 1. The molecule has 1 saturated carbocycles. The lowest BCUT2D eigenvalue weighted by molar-refractivity contribution is -0.263. The maximum absolute atomic E-state index is 12.1. The Balaban J connectivity index is 2.07. The average Bonchev–Trinajstić information content (AvgIpc) is 2.61. The molecule has 0 bridgehead atoms. The molecule has 7 heteroatoms. The van der Waals surface area contributed by atoms with Crippen LogP contribution in [-0.2, 0) is 9.47 Å². The number of carbonyl (C=O) groups excluding carboxylic acids is 1. The van der Waals surface area contributed by atoms with E-state index in [9.17, 15) is 4.79 Å². The Bertz CT molecular complexity index is 647. The maximum Gasteiger partial charge on any atom is 0.407 e. The van der Waals surface area contributed by atoms with Gasteiger partial charge in [0.05, 0.1) is 6.04 Å². The van der Waals surface area contributed by atoms with E-state index >= 15 is 0 Å². The largest absolute Gasteiger partial charge is 0.444 e. The minimum atomic E-state index is -1.11. The first kappa shape index (κ1) is 22.0. The van der Waals surface area contributed by atoms with E-state index in [1.807, 2.05) is 58.0 Å². The van der Waals surface area contributed by atoms with Crippen molar-refractivity contribution in [2.75, 3.05) is 7.11 Å². The van der Waals surface area contributed by atoms with E-state index in [2.05, 4.69) is 17.1 Å². The Kier molecular flexibility index (Phi) is 7.29. The second kappa shape index (κ2) is 9.28. The molecule has 28 heavy (non-hydrogen) atoms. The van der Waals surface area contributed by atoms with E-state index in [0.717, 1.165) is 19.3 Å². The smallest absolute Gasteiger partial charge is 0.407 e. The Labute approximate surface area is 168 Å². The zero-order valence-electron chi connectivity index (χ0n) is 17.6. The van der Waals surface area contributed by atoms with Gasteiger partial charge < -0.3 is 19.5 Å². The Morgan fingerprint density at radius 2 is 1.89 bits per heavy atom. The van der Waals surface area contributed by atoms with Crippen molar-refractivity contribution in [1.29, 1.82) is 0 Å².